The number of H-pyrrole nitrogens is 1. The van der Waals surface area contributed by atoms with Gasteiger partial charge in [-0.15, -0.1) is 0 Å². The number of rotatable bonds is 5. The molecule has 0 saturated heterocycles. The second kappa shape index (κ2) is 7.75. The van der Waals surface area contributed by atoms with Gasteiger partial charge in [-0.1, -0.05) is 30.3 Å². The van der Waals surface area contributed by atoms with Crippen molar-refractivity contribution in [2.75, 3.05) is 10.6 Å². The summed E-state index contributed by atoms with van der Waals surface area (Å²) in [7, 11) is 0. The molecule has 28 heavy (non-hydrogen) atoms. The van der Waals surface area contributed by atoms with Crippen LogP contribution in [0, 0.1) is 0 Å². The van der Waals surface area contributed by atoms with Crippen LogP contribution in [0.25, 0.3) is 11.0 Å². The number of aromatic nitrogens is 4. The summed E-state index contributed by atoms with van der Waals surface area (Å²) >= 11 is 0. The van der Waals surface area contributed by atoms with Gasteiger partial charge in [0.05, 0.1) is 17.6 Å². The Bertz CT molecular complexity index is 1080. The van der Waals surface area contributed by atoms with Crippen LogP contribution in [0.5, 0.6) is 0 Å². The van der Waals surface area contributed by atoms with Gasteiger partial charge in [0.1, 0.15) is 12.1 Å². The normalized spacial score (nSPS) is 11.8. The first-order valence-corrected chi connectivity index (χ1v) is 8.82. The molecule has 0 aliphatic carbocycles. The predicted octanol–water partition coefficient (Wildman–Crippen LogP) is 3.98. The molecule has 2 aromatic heterocycles. The smallest absolute Gasteiger partial charge is 0.319 e. The second-order valence-electron chi connectivity index (χ2n) is 6.29. The highest BCUT2D eigenvalue weighted by molar-refractivity contribution is 5.90. The van der Waals surface area contributed by atoms with Crippen molar-refractivity contribution in [2.45, 2.75) is 13.0 Å². The lowest BCUT2D eigenvalue weighted by molar-refractivity contribution is 0.249. The van der Waals surface area contributed by atoms with Crippen LogP contribution in [-0.4, -0.2) is 26.2 Å². The van der Waals surface area contributed by atoms with Gasteiger partial charge in [-0.25, -0.2) is 14.8 Å². The summed E-state index contributed by atoms with van der Waals surface area (Å²) in [6.07, 6.45) is 3.14. The molecule has 8 heteroatoms. The zero-order valence-electron chi connectivity index (χ0n) is 15.2. The molecule has 0 bridgehead atoms. The first-order valence-electron chi connectivity index (χ1n) is 8.82. The molecule has 8 nitrogen and oxygen atoms in total. The number of hydrogen-bond acceptors (Lipinski definition) is 5. The minimum atomic E-state index is -0.257. The molecule has 0 saturated carbocycles. The fraction of sp³-hybridized carbons (Fsp3) is 0.100. The highest BCUT2D eigenvalue weighted by Gasteiger charge is 2.09. The maximum Gasteiger partial charge on any atom is 0.319 e. The number of carbonyl (C=O) groups excluding carboxylic acids is 1. The summed E-state index contributed by atoms with van der Waals surface area (Å²) < 4.78 is 0. The number of carbonyl (C=O) groups is 1. The summed E-state index contributed by atoms with van der Waals surface area (Å²) in [4.78, 5) is 20.6. The summed E-state index contributed by atoms with van der Waals surface area (Å²) in [5.41, 5.74) is 3.25. The van der Waals surface area contributed by atoms with E-state index in [4.69, 9.17) is 0 Å². The Morgan fingerprint density at radius 2 is 1.75 bits per heavy atom. The van der Waals surface area contributed by atoms with E-state index in [1.807, 2.05) is 61.5 Å². The van der Waals surface area contributed by atoms with E-state index >= 15 is 0 Å². The molecule has 0 aliphatic rings. The summed E-state index contributed by atoms with van der Waals surface area (Å²) in [6, 6.07) is 16.8. The molecule has 4 rings (SSSR count). The molecule has 140 valence electrons. The van der Waals surface area contributed by atoms with Crippen LogP contribution in [0.1, 0.15) is 18.5 Å². The molecule has 4 aromatic rings. The molecule has 1 atom stereocenters. The van der Waals surface area contributed by atoms with Crippen LogP contribution in [0.15, 0.2) is 67.1 Å². The highest BCUT2D eigenvalue weighted by atomic mass is 16.2. The first-order chi connectivity index (χ1) is 13.7. The van der Waals surface area contributed by atoms with Crippen molar-refractivity contribution >= 4 is 34.3 Å². The van der Waals surface area contributed by atoms with E-state index in [-0.39, 0.29) is 12.1 Å². The molecular formula is C20H19N7O. The zero-order valence-corrected chi connectivity index (χ0v) is 15.2. The van der Waals surface area contributed by atoms with Crippen molar-refractivity contribution in [2.24, 2.45) is 0 Å². The Morgan fingerprint density at radius 3 is 2.54 bits per heavy atom. The Kier molecular flexibility index (Phi) is 4.83. The van der Waals surface area contributed by atoms with Gasteiger partial charge in [-0.3, -0.25) is 5.10 Å². The highest BCUT2D eigenvalue weighted by Crippen LogP contribution is 2.22. The van der Waals surface area contributed by atoms with Crippen molar-refractivity contribution in [1.29, 1.82) is 0 Å². The lowest BCUT2D eigenvalue weighted by Gasteiger charge is -2.15. The van der Waals surface area contributed by atoms with E-state index in [0.29, 0.717) is 17.2 Å². The third-order valence-corrected chi connectivity index (χ3v) is 4.30. The van der Waals surface area contributed by atoms with Crippen molar-refractivity contribution in [3.05, 3.63) is 72.7 Å². The monoisotopic (exact) mass is 373 g/mol. The Hall–Kier alpha value is -3.94. The minimum Gasteiger partial charge on any atom is -0.340 e. The molecule has 2 aromatic carbocycles. The number of hydrogen-bond donors (Lipinski definition) is 4. The van der Waals surface area contributed by atoms with Gasteiger partial charge >= 0.3 is 6.03 Å². The first kappa shape index (κ1) is 17.5. The molecule has 0 aliphatic heterocycles. The van der Waals surface area contributed by atoms with Crippen LogP contribution < -0.4 is 16.0 Å². The summed E-state index contributed by atoms with van der Waals surface area (Å²) in [5.74, 6) is 0.661. The number of urea groups is 1. The van der Waals surface area contributed by atoms with E-state index in [1.54, 1.807) is 6.20 Å². The Balaban J connectivity index is 1.38. The van der Waals surface area contributed by atoms with Crippen LogP contribution in [0.4, 0.5) is 22.0 Å². The van der Waals surface area contributed by atoms with Crippen molar-refractivity contribution in [3.63, 3.8) is 0 Å². The van der Waals surface area contributed by atoms with E-state index in [9.17, 15) is 4.79 Å². The third kappa shape index (κ3) is 3.90. The van der Waals surface area contributed by atoms with Crippen LogP contribution in [-0.2, 0) is 0 Å². The van der Waals surface area contributed by atoms with Crippen molar-refractivity contribution < 1.29 is 4.79 Å². The van der Waals surface area contributed by atoms with Gasteiger partial charge in [0.2, 0.25) is 0 Å². The number of fused-ring (bicyclic) bond motifs is 1. The minimum absolute atomic E-state index is 0.0859. The number of benzene rings is 2. The predicted molar refractivity (Wildman–Crippen MR) is 108 cm³/mol. The molecule has 2 heterocycles. The summed E-state index contributed by atoms with van der Waals surface area (Å²) in [5, 5.41) is 16.6. The molecule has 0 radical (unpaired) electrons. The van der Waals surface area contributed by atoms with Gasteiger partial charge in [-0.05, 0) is 36.8 Å². The molecule has 0 fully saturated rings. The largest absolute Gasteiger partial charge is 0.340 e. The van der Waals surface area contributed by atoms with E-state index < -0.39 is 0 Å². The Morgan fingerprint density at radius 1 is 1.00 bits per heavy atom. The van der Waals surface area contributed by atoms with Crippen LogP contribution in [0.3, 0.4) is 0 Å². The topological polar surface area (TPSA) is 108 Å². The lowest BCUT2D eigenvalue weighted by Crippen LogP contribution is -2.31. The standard InChI is InChI=1S/C20H19N7O/c1-13(14-5-3-2-4-6-14)24-20(28)26-16-9-7-15(8-10-16)25-18-17-11-23-27-19(17)22-12-21-18/h2-13H,1H3,(H2,24,26,28)(H2,21,22,23,25,27)/t13-/m0/s1. The van der Waals surface area contributed by atoms with Gasteiger partial charge in [0.25, 0.3) is 0 Å². The molecule has 0 spiro atoms. The summed E-state index contributed by atoms with van der Waals surface area (Å²) in [6.45, 7) is 1.94. The van der Waals surface area contributed by atoms with Gasteiger partial charge in [0, 0.05) is 11.4 Å². The van der Waals surface area contributed by atoms with E-state index in [2.05, 4.69) is 36.1 Å². The number of nitrogens with one attached hydrogen (secondary N) is 4. The number of anilines is 3. The number of aromatic amines is 1. The van der Waals surface area contributed by atoms with Gasteiger partial charge in [-0.2, -0.15) is 5.10 Å². The maximum atomic E-state index is 12.2. The SMILES string of the molecule is C[C@H](NC(=O)Nc1ccc(Nc2ncnc3[nH]ncc23)cc1)c1ccccc1. The third-order valence-electron chi connectivity index (χ3n) is 4.30. The van der Waals surface area contributed by atoms with Gasteiger partial charge in [0.15, 0.2) is 5.65 Å². The molecule has 4 N–H and O–H groups in total. The average molecular weight is 373 g/mol. The lowest BCUT2D eigenvalue weighted by atomic mass is 10.1. The fourth-order valence-corrected chi connectivity index (χ4v) is 2.83. The number of nitrogens with zero attached hydrogens (tertiary/aromatic N) is 3. The number of amides is 2. The Labute approximate surface area is 161 Å². The van der Waals surface area contributed by atoms with Gasteiger partial charge < -0.3 is 16.0 Å². The molecular weight excluding hydrogens is 354 g/mol. The van der Waals surface area contributed by atoms with Crippen molar-refractivity contribution in [3.8, 4) is 0 Å². The maximum absolute atomic E-state index is 12.2. The van der Waals surface area contributed by atoms with E-state index in [0.717, 1.165) is 16.6 Å². The van der Waals surface area contributed by atoms with E-state index in [1.165, 1.54) is 6.33 Å². The fourth-order valence-electron chi connectivity index (χ4n) is 2.83. The average Bonchev–Trinajstić information content (AvgIpc) is 3.20. The zero-order chi connectivity index (χ0) is 19.3. The van der Waals surface area contributed by atoms with Crippen molar-refractivity contribution in [1.82, 2.24) is 25.5 Å². The molecule has 2 amide bonds. The van der Waals surface area contributed by atoms with Crippen LogP contribution >= 0.6 is 0 Å². The van der Waals surface area contributed by atoms with Crippen LogP contribution in [0.2, 0.25) is 0 Å². The quantitative estimate of drug-likeness (QED) is 0.423. The second-order valence-corrected chi connectivity index (χ2v) is 6.29. The molecule has 0 unspecified atom stereocenters.